The number of fused-ring (bicyclic) bond motifs is 1. The van der Waals surface area contributed by atoms with E-state index in [1.165, 1.54) is 11.3 Å². The number of ether oxygens (including phenoxy) is 3. The molecule has 2 heterocycles. The second kappa shape index (κ2) is 12.9. The van der Waals surface area contributed by atoms with Gasteiger partial charge in [0, 0.05) is 0 Å². The van der Waals surface area contributed by atoms with Crippen LogP contribution in [0.4, 0.5) is 0 Å². The minimum Gasteiger partial charge on any atom is -0.497 e. The van der Waals surface area contributed by atoms with Crippen molar-refractivity contribution in [2.75, 3.05) is 13.7 Å². The molecule has 0 bridgehead atoms. The molecule has 0 radical (unpaired) electrons. The Hall–Kier alpha value is -4.69. The van der Waals surface area contributed by atoms with Gasteiger partial charge in [0.15, 0.2) is 4.80 Å². The van der Waals surface area contributed by atoms with Gasteiger partial charge in [-0.05, 0) is 72.9 Å². The molecular weight excluding hydrogens is 548 g/mol. The molecule has 0 spiro atoms. The van der Waals surface area contributed by atoms with Crippen LogP contribution in [0.1, 0.15) is 42.1 Å². The number of hydrogen-bond donors (Lipinski definition) is 0. The van der Waals surface area contributed by atoms with Crippen LogP contribution in [0.15, 0.2) is 107 Å². The maximum Gasteiger partial charge on any atom is 0.338 e. The highest BCUT2D eigenvalue weighted by Gasteiger charge is 2.33. The van der Waals surface area contributed by atoms with Crippen molar-refractivity contribution >= 4 is 23.4 Å². The maximum absolute atomic E-state index is 13.9. The Balaban J connectivity index is 1.56. The second-order valence-electron chi connectivity index (χ2n) is 9.71. The Morgan fingerprint density at radius 3 is 2.55 bits per heavy atom. The largest absolute Gasteiger partial charge is 0.497 e. The highest BCUT2D eigenvalue weighted by Crippen LogP contribution is 2.31. The molecule has 1 aliphatic rings. The molecule has 0 fully saturated rings. The molecule has 4 aromatic rings. The van der Waals surface area contributed by atoms with Gasteiger partial charge in [-0.1, -0.05) is 65.9 Å². The molecule has 0 N–H and O–H groups in total. The summed E-state index contributed by atoms with van der Waals surface area (Å²) in [4.78, 5) is 32.2. The zero-order chi connectivity index (χ0) is 29.6. The Kier molecular flexibility index (Phi) is 8.83. The SMILES string of the molecule is C=CCc1cc(/C=c2/sc3n(c2=O)[C@H](c2ccc(OC)cc2)C(C(=O)OCC)=C(C)N=3)ccc1OCc1ccccc1. The number of methoxy groups -OCH3 is 1. The summed E-state index contributed by atoms with van der Waals surface area (Å²) in [7, 11) is 1.59. The van der Waals surface area contributed by atoms with E-state index in [2.05, 4.69) is 11.6 Å². The van der Waals surface area contributed by atoms with Crippen LogP contribution < -0.4 is 24.4 Å². The molecule has 42 heavy (non-hydrogen) atoms. The van der Waals surface area contributed by atoms with Gasteiger partial charge < -0.3 is 14.2 Å². The van der Waals surface area contributed by atoms with Crippen molar-refractivity contribution in [3.63, 3.8) is 0 Å². The minimum absolute atomic E-state index is 0.216. The average Bonchev–Trinajstić information content (AvgIpc) is 3.30. The highest BCUT2D eigenvalue weighted by molar-refractivity contribution is 7.07. The van der Waals surface area contributed by atoms with Crippen molar-refractivity contribution in [2.45, 2.75) is 32.9 Å². The van der Waals surface area contributed by atoms with Gasteiger partial charge >= 0.3 is 5.97 Å². The van der Waals surface area contributed by atoms with Gasteiger partial charge in [0.2, 0.25) is 0 Å². The first kappa shape index (κ1) is 28.8. The van der Waals surface area contributed by atoms with E-state index >= 15 is 0 Å². The van der Waals surface area contributed by atoms with Crippen LogP contribution in [-0.4, -0.2) is 24.3 Å². The van der Waals surface area contributed by atoms with Crippen LogP contribution in [0.25, 0.3) is 6.08 Å². The van der Waals surface area contributed by atoms with E-state index < -0.39 is 12.0 Å². The van der Waals surface area contributed by atoms with Gasteiger partial charge in [0.1, 0.15) is 18.1 Å². The fourth-order valence-corrected chi connectivity index (χ4v) is 5.97. The lowest BCUT2D eigenvalue weighted by Gasteiger charge is -2.24. The fraction of sp³-hybridized carbons (Fsp3) is 0.206. The quantitative estimate of drug-likeness (QED) is 0.192. The Bertz CT molecular complexity index is 1820. The van der Waals surface area contributed by atoms with Gasteiger partial charge in [0.25, 0.3) is 5.56 Å². The van der Waals surface area contributed by atoms with Gasteiger partial charge in [0.05, 0.1) is 35.6 Å². The number of hydrogen-bond acceptors (Lipinski definition) is 7. The molecule has 0 unspecified atom stereocenters. The number of carbonyl (C=O) groups is 1. The third kappa shape index (κ3) is 5.99. The van der Waals surface area contributed by atoms with E-state index in [0.717, 1.165) is 28.0 Å². The molecule has 8 heteroatoms. The first-order valence-electron chi connectivity index (χ1n) is 13.7. The third-order valence-corrected chi connectivity index (χ3v) is 7.92. The van der Waals surface area contributed by atoms with Gasteiger partial charge in [-0.2, -0.15) is 0 Å². The summed E-state index contributed by atoms with van der Waals surface area (Å²) in [6.07, 6.45) is 4.30. The summed E-state index contributed by atoms with van der Waals surface area (Å²) in [6.45, 7) is 8.09. The minimum atomic E-state index is -0.682. The fourth-order valence-electron chi connectivity index (χ4n) is 4.92. The number of rotatable bonds is 10. The van der Waals surface area contributed by atoms with Crippen molar-refractivity contribution in [2.24, 2.45) is 4.99 Å². The summed E-state index contributed by atoms with van der Waals surface area (Å²) in [6, 6.07) is 22.5. The van der Waals surface area contributed by atoms with Crippen LogP contribution >= 0.6 is 11.3 Å². The summed E-state index contributed by atoms with van der Waals surface area (Å²) in [5.74, 6) is 0.955. The zero-order valence-corrected chi connectivity index (χ0v) is 24.6. The number of carbonyl (C=O) groups excluding carboxylic acids is 1. The summed E-state index contributed by atoms with van der Waals surface area (Å²) in [5, 5.41) is 0. The van der Waals surface area contributed by atoms with Gasteiger partial charge in [-0.15, -0.1) is 6.58 Å². The summed E-state index contributed by atoms with van der Waals surface area (Å²) < 4.78 is 18.9. The number of esters is 1. The van der Waals surface area contributed by atoms with Crippen LogP contribution in [0.5, 0.6) is 11.5 Å². The standard InChI is InChI=1S/C34H32N2O5S/c1-5-10-26-19-24(13-18-28(26)41-21-23-11-8-7-9-12-23)20-29-32(37)36-31(25-14-16-27(39-4)17-15-25)30(33(38)40-6-2)22(3)35-34(36)42-29/h5,7-9,11-20,31H,1,6,10,21H2,2-4H3/b29-20+/t31-/m1/s1. The second-order valence-corrected chi connectivity index (χ2v) is 10.7. The lowest BCUT2D eigenvalue weighted by molar-refractivity contribution is -0.139. The van der Waals surface area contributed by atoms with E-state index in [1.807, 2.05) is 84.9 Å². The lowest BCUT2D eigenvalue weighted by atomic mass is 9.96. The van der Waals surface area contributed by atoms with E-state index in [1.54, 1.807) is 25.5 Å². The third-order valence-electron chi connectivity index (χ3n) is 6.93. The lowest BCUT2D eigenvalue weighted by Crippen LogP contribution is -2.39. The Labute approximate surface area is 248 Å². The molecule has 5 rings (SSSR count). The van der Waals surface area contributed by atoms with Crippen LogP contribution in [-0.2, 0) is 22.6 Å². The van der Waals surface area contributed by atoms with Crippen molar-refractivity contribution in [1.82, 2.24) is 4.57 Å². The maximum atomic E-state index is 13.9. The van der Waals surface area contributed by atoms with Gasteiger partial charge in [-0.3, -0.25) is 9.36 Å². The monoisotopic (exact) mass is 580 g/mol. The molecule has 0 aliphatic carbocycles. The van der Waals surface area contributed by atoms with Crippen LogP contribution in [0.2, 0.25) is 0 Å². The smallest absolute Gasteiger partial charge is 0.338 e. The van der Waals surface area contributed by atoms with Gasteiger partial charge in [-0.25, -0.2) is 9.79 Å². The zero-order valence-electron chi connectivity index (χ0n) is 23.8. The van der Waals surface area contributed by atoms with E-state index in [4.69, 9.17) is 14.2 Å². The first-order chi connectivity index (χ1) is 20.4. The molecule has 3 aromatic carbocycles. The predicted molar refractivity (Wildman–Crippen MR) is 165 cm³/mol. The van der Waals surface area contributed by atoms with E-state index in [0.29, 0.717) is 39.4 Å². The molecule has 1 aromatic heterocycles. The summed E-state index contributed by atoms with van der Waals surface area (Å²) in [5.41, 5.74) is 4.29. The molecule has 7 nitrogen and oxygen atoms in total. The Morgan fingerprint density at radius 2 is 1.86 bits per heavy atom. The molecule has 1 atom stereocenters. The highest BCUT2D eigenvalue weighted by atomic mass is 32.1. The number of aromatic nitrogens is 1. The summed E-state index contributed by atoms with van der Waals surface area (Å²) >= 11 is 1.29. The van der Waals surface area contributed by atoms with E-state index in [-0.39, 0.29) is 12.2 Å². The topological polar surface area (TPSA) is 79.1 Å². The van der Waals surface area contributed by atoms with Crippen molar-refractivity contribution in [3.05, 3.63) is 139 Å². The van der Waals surface area contributed by atoms with E-state index in [9.17, 15) is 9.59 Å². The number of allylic oxidation sites excluding steroid dienone is 2. The number of thiazole rings is 1. The molecule has 0 saturated carbocycles. The van der Waals surface area contributed by atoms with Crippen molar-refractivity contribution in [3.8, 4) is 11.5 Å². The van der Waals surface area contributed by atoms with Crippen molar-refractivity contribution in [1.29, 1.82) is 0 Å². The molecule has 1 aliphatic heterocycles. The normalized spacial score (nSPS) is 14.6. The van der Waals surface area contributed by atoms with Crippen molar-refractivity contribution < 1.29 is 19.0 Å². The molecular formula is C34H32N2O5S. The van der Waals surface area contributed by atoms with Crippen LogP contribution in [0, 0.1) is 0 Å². The Morgan fingerprint density at radius 1 is 1.10 bits per heavy atom. The number of nitrogens with zero attached hydrogens (tertiary/aromatic N) is 2. The molecule has 0 amide bonds. The predicted octanol–water partition coefficient (Wildman–Crippen LogP) is 5.11. The average molecular weight is 581 g/mol. The molecule has 0 saturated heterocycles. The first-order valence-corrected chi connectivity index (χ1v) is 14.5. The number of benzene rings is 3. The van der Waals surface area contributed by atoms with Crippen LogP contribution in [0.3, 0.4) is 0 Å². The molecule has 214 valence electrons.